The number of nitrogens with zero attached hydrogens (tertiary/aromatic N) is 2. The Morgan fingerprint density at radius 1 is 1.06 bits per heavy atom. The Hall–Kier alpha value is -3.39. The SMILES string of the molecule is CSCCC(NC(=O)c1cccc(Nc2cc(-c3ccccc3)nc(C)n2)c1)C(=O)O. The molecule has 1 heterocycles. The number of thioether (sulfide) groups is 1. The first-order valence-electron chi connectivity index (χ1n) is 9.77. The van der Waals surface area contributed by atoms with Gasteiger partial charge in [-0.2, -0.15) is 11.8 Å². The third kappa shape index (κ3) is 6.29. The van der Waals surface area contributed by atoms with Crippen LogP contribution in [0.2, 0.25) is 0 Å². The van der Waals surface area contributed by atoms with Gasteiger partial charge in [-0.3, -0.25) is 4.79 Å². The van der Waals surface area contributed by atoms with Gasteiger partial charge in [0, 0.05) is 22.9 Å². The molecule has 1 atom stereocenters. The number of rotatable bonds is 9. The molecule has 1 amide bonds. The second-order valence-electron chi connectivity index (χ2n) is 6.90. The number of carboxylic acid groups (broad SMARTS) is 1. The van der Waals surface area contributed by atoms with Gasteiger partial charge in [0.15, 0.2) is 0 Å². The summed E-state index contributed by atoms with van der Waals surface area (Å²) < 4.78 is 0. The van der Waals surface area contributed by atoms with Crippen molar-refractivity contribution in [1.82, 2.24) is 15.3 Å². The van der Waals surface area contributed by atoms with Gasteiger partial charge in [-0.1, -0.05) is 36.4 Å². The molecule has 3 aromatic rings. The van der Waals surface area contributed by atoms with Gasteiger partial charge in [0.25, 0.3) is 5.91 Å². The summed E-state index contributed by atoms with van der Waals surface area (Å²) in [5, 5.41) is 15.1. The van der Waals surface area contributed by atoms with Gasteiger partial charge >= 0.3 is 5.97 Å². The molecule has 0 spiro atoms. The molecule has 3 N–H and O–H groups in total. The number of aryl methyl sites for hydroxylation is 1. The Morgan fingerprint density at radius 2 is 1.84 bits per heavy atom. The highest BCUT2D eigenvalue weighted by atomic mass is 32.2. The first kappa shape index (κ1) is 22.3. The van der Waals surface area contributed by atoms with E-state index in [0.717, 1.165) is 11.3 Å². The number of carbonyl (C=O) groups is 2. The number of hydrogen-bond donors (Lipinski definition) is 3. The predicted molar refractivity (Wildman–Crippen MR) is 124 cm³/mol. The van der Waals surface area contributed by atoms with Gasteiger partial charge in [0.2, 0.25) is 0 Å². The molecular weight excluding hydrogens is 412 g/mol. The molecule has 31 heavy (non-hydrogen) atoms. The molecular formula is C23H24N4O3S. The lowest BCUT2D eigenvalue weighted by atomic mass is 10.1. The quantitative estimate of drug-likeness (QED) is 0.463. The topological polar surface area (TPSA) is 104 Å². The highest BCUT2D eigenvalue weighted by Crippen LogP contribution is 2.22. The van der Waals surface area contributed by atoms with E-state index in [1.807, 2.05) is 55.6 Å². The van der Waals surface area contributed by atoms with Gasteiger partial charge in [0.1, 0.15) is 17.7 Å². The second kappa shape index (κ2) is 10.6. The van der Waals surface area contributed by atoms with Crippen molar-refractivity contribution in [2.24, 2.45) is 0 Å². The first-order valence-corrected chi connectivity index (χ1v) is 11.2. The fourth-order valence-corrected chi connectivity index (χ4v) is 3.48. The smallest absolute Gasteiger partial charge is 0.326 e. The van der Waals surface area contributed by atoms with E-state index >= 15 is 0 Å². The van der Waals surface area contributed by atoms with E-state index in [0.29, 0.717) is 35.1 Å². The van der Waals surface area contributed by atoms with Gasteiger partial charge in [-0.25, -0.2) is 14.8 Å². The zero-order chi connectivity index (χ0) is 22.2. The molecule has 8 heteroatoms. The minimum absolute atomic E-state index is 0.364. The summed E-state index contributed by atoms with van der Waals surface area (Å²) in [6, 6.07) is 17.6. The molecule has 160 valence electrons. The number of carbonyl (C=O) groups excluding carboxylic acids is 1. The Kier molecular flexibility index (Phi) is 7.61. The molecule has 2 aromatic carbocycles. The molecule has 1 aromatic heterocycles. The summed E-state index contributed by atoms with van der Waals surface area (Å²) >= 11 is 1.54. The van der Waals surface area contributed by atoms with E-state index in [-0.39, 0.29) is 0 Å². The molecule has 0 aliphatic heterocycles. The number of aromatic nitrogens is 2. The van der Waals surface area contributed by atoms with E-state index in [2.05, 4.69) is 20.6 Å². The van der Waals surface area contributed by atoms with Crippen molar-refractivity contribution in [2.75, 3.05) is 17.3 Å². The van der Waals surface area contributed by atoms with E-state index in [1.165, 1.54) is 11.8 Å². The number of hydrogen-bond acceptors (Lipinski definition) is 6. The Labute approximate surface area is 185 Å². The van der Waals surface area contributed by atoms with Crippen LogP contribution in [0.15, 0.2) is 60.7 Å². The second-order valence-corrected chi connectivity index (χ2v) is 7.89. The van der Waals surface area contributed by atoms with Crippen molar-refractivity contribution in [3.8, 4) is 11.3 Å². The Morgan fingerprint density at radius 3 is 2.55 bits per heavy atom. The van der Waals surface area contributed by atoms with Gasteiger partial charge in [-0.05, 0) is 43.6 Å². The van der Waals surface area contributed by atoms with Crippen LogP contribution in [0.4, 0.5) is 11.5 Å². The lowest BCUT2D eigenvalue weighted by Gasteiger charge is -2.15. The number of benzene rings is 2. The number of nitrogens with one attached hydrogen (secondary N) is 2. The largest absolute Gasteiger partial charge is 0.480 e. The average molecular weight is 437 g/mol. The van der Waals surface area contributed by atoms with Crippen molar-refractivity contribution in [3.05, 3.63) is 72.1 Å². The standard InChI is InChI=1S/C23H24N4O3S/c1-15-24-20(16-7-4-3-5-8-16)14-21(25-15)26-18-10-6-9-17(13-18)22(28)27-19(23(29)30)11-12-31-2/h3-10,13-14,19H,11-12H2,1-2H3,(H,27,28)(H,29,30)(H,24,25,26). The van der Waals surface area contributed by atoms with Crippen LogP contribution in [-0.4, -0.2) is 45.0 Å². The zero-order valence-corrected chi connectivity index (χ0v) is 18.1. The fraction of sp³-hybridized carbons (Fsp3) is 0.217. The number of amides is 1. The van der Waals surface area contributed by atoms with Crippen molar-refractivity contribution in [3.63, 3.8) is 0 Å². The van der Waals surface area contributed by atoms with Crippen LogP contribution >= 0.6 is 11.8 Å². The van der Waals surface area contributed by atoms with E-state index in [1.54, 1.807) is 18.2 Å². The summed E-state index contributed by atoms with van der Waals surface area (Å²) in [5.74, 6) is 0.404. The predicted octanol–water partition coefficient (Wildman–Crippen LogP) is 4.13. The molecule has 1 unspecified atom stereocenters. The minimum Gasteiger partial charge on any atom is -0.480 e. The van der Waals surface area contributed by atoms with E-state index in [4.69, 9.17) is 0 Å². The lowest BCUT2D eigenvalue weighted by molar-refractivity contribution is -0.139. The van der Waals surface area contributed by atoms with Crippen LogP contribution < -0.4 is 10.6 Å². The zero-order valence-electron chi connectivity index (χ0n) is 17.3. The molecule has 0 fully saturated rings. The summed E-state index contributed by atoms with van der Waals surface area (Å²) in [6.07, 6.45) is 2.26. The third-order valence-electron chi connectivity index (χ3n) is 4.52. The number of aliphatic carboxylic acids is 1. The molecule has 3 rings (SSSR count). The maximum absolute atomic E-state index is 12.6. The molecule has 0 radical (unpaired) electrons. The molecule has 7 nitrogen and oxygen atoms in total. The highest BCUT2D eigenvalue weighted by Gasteiger charge is 2.20. The normalized spacial score (nSPS) is 11.5. The van der Waals surface area contributed by atoms with E-state index < -0.39 is 17.9 Å². The van der Waals surface area contributed by atoms with Gasteiger partial charge in [-0.15, -0.1) is 0 Å². The van der Waals surface area contributed by atoms with Crippen molar-refractivity contribution < 1.29 is 14.7 Å². The highest BCUT2D eigenvalue weighted by molar-refractivity contribution is 7.98. The van der Waals surface area contributed by atoms with Crippen LogP contribution in [0.5, 0.6) is 0 Å². The number of carboxylic acids is 1. The van der Waals surface area contributed by atoms with Crippen LogP contribution in [-0.2, 0) is 4.79 Å². The van der Waals surface area contributed by atoms with Crippen molar-refractivity contribution in [1.29, 1.82) is 0 Å². The Bertz CT molecular complexity index is 1060. The molecule has 0 bridgehead atoms. The van der Waals surface area contributed by atoms with Crippen molar-refractivity contribution >= 4 is 35.1 Å². The average Bonchev–Trinajstić information content (AvgIpc) is 2.76. The summed E-state index contributed by atoms with van der Waals surface area (Å²) in [4.78, 5) is 32.9. The summed E-state index contributed by atoms with van der Waals surface area (Å²) in [6.45, 7) is 1.82. The number of anilines is 2. The van der Waals surface area contributed by atoms with Crippen LogP contribution in [0, 0.1) is 6.92 Å². The maximum Gasteiger partial charge on any atom is 0.326 e. The van der Waals surface area contributed by atoms with Crippen LogP contribution in [0.3, 0.4) is 0 Å². The van der Waals surface area contributed by atoms with E-state index in [9.17, 15) is 14.7 Å². The van der Waals surface area contributed by atoms with Crippen LogP contribution in [0.25, 0.3) is 11.3 Å². The Balaban J connectivity index is 1.77. The lowest BCUT2D eigenvalue weighted by Crippen LogP contribution is -2.41. The van der Waals surface area contributed by atoms with Gasteiger partial charge < -0.3 is 15.7 Å². The molecule has 0 saturated carbocycles. The first-order chi connectivity index (χ1) is 15.0. The van der Waals surface area contributed by atoms with Gasteiger partial charge in [0.05, 0.1) is 5.69 Å². The van der Waals surface area contributed by atoms with Crippen LogP contribution in [0.1, 0.15) is 22.6 Å². The third-order valence-corrected chi connectivity index (χ3v) is 5.16. The summed E-state index contributed by atoms with van der Waals surface area (Å²) in [5.41, 5.74) is 2.81. The molecule has 0 aliphatic carbocycles. The monoisotopic (exact) mass is 436 g/mol. The van der Waals surface area contributed by atoms with Crippen molar-refractivity contribution in [2.45, 2.75) is 19.4 Å². The summed E-state index contributed by atoms with van der Waals surface area (Å²) in [7, 11) is 0. The minimum atomic E-state index is -1.04. The fourth-order valence-electron chi connectivity index (χ4n) is 3.01. The maximum atomic E-state index is 12.6. The molecule has 0 aliphatic rings. The molecule has 0 saturated heterocycles.